The van der Waals surface area contributed by atoms with Crippen LogP contribution in [0.5, 0.6) is 0 Å². The average Bonchev–Trinajstić information content (AvgIpc) is 2.66. The fraction of sp³-hybridized carbons (Fsp3) is 0.0526. The van der Waals surface area contributed by atoms with Gasteiger partial charge in [-0.1, -0.05) is 66.7 Å². The van der Waals surface area contributed by atoms with E-state index in [0.717, 1.165) is 17.9 Å². The fourth-order valence-corrected chi connectivity index (χ4v) is 7.02. The third kappa shape index (κ3) is 4.99. The lowest BCUT2D eigenvalue weighted by atomic mass is 9.80. The zero-order valence-corrected chi connectivity index (χ0v) is 24.6. The third-order valence-corrected chi connectivity index (χ3v) is 9.51. The van der Waals surface area contributed by atoms with Gasteiger partial charge < -0.3 is 0 Å². The van der Waals surface area contributed by atoms with E-state index in [4.69, 9.17) is 4.52 Å². The summed E-state index contributed by atoms with van der Waals surface area (Å²) in [6.45, 7) is 0. The predicted octanol–water partition coefficient (Wildman–Crippen LogP) is 9.22. The van der Waals surface area contributed by atoms with Crippen molar-refractivity contribution in [3.05, 3.63) is 98.1 Å². The summed E-state index contributed by atoms with van der Waals surface area (Å²) in [5.41, 5.74) is 0.578. The van der Waals surface area contributed by atoms with E-state index in [2.05, 4.69) is 95.6 Å². The van der Waals surface area contributed by atoms with Crippen LogP contribution in [0.25, 0.3) is 0 Å². The second kappa shape index (κ2) is 10.0. The Balaban J connectivity index is 2.55. The molecule has 3 aromatic rings. The lowest BCUT2D eigenvalue weighted by molar-refractivity contribution is 0.144. The number of rotatable bonds is 5. The van der Waals surface area contributed by atoms with Crippen molar-refractivity contribution in [2.45, 2.75) is 5.60 Å². The summed E-state index contributed by atoms with van der Waals surface area (Å²) in [5, 5.41) is 0. The summed E-state index contributed by atoms with van der Waals surface area (Å²) in [5.74, 6) is 0. The van der Waals surface area contributed by atoms with Crippen molar-refractivity contribution >= 4 is 104 Å². The second-order valence-electron chi connectivity index (χ2n) is 5.87. The molecule has 0 aliphatic heterocycles. The molecule has 0 fully saturated rings. The Morgan fingerprint density at radius 2 is 1.21 bits per heavy atom. The molecular weight excluding hydrogens is 787 g/mol. The first-order valence-corrected chi connectivity index (χ1v) is 13.8. The van der Waals surface area contributed by atoms with Crippen molar-refractivity contribution in [2.24, 2.45) is 0 Å². The van der Waals surface area contributed by atoms with Gasteiger partial charge in [-0.2, -0.15) is 0 Å². The number of halogens is 6. The predicted molar refractivity (Wildman–Crippen MR) is 136 cm³/mol. The first-order valence-electron chi connectivity index (χ1n) is 7.87. The van der Waals surface area contributed by atoms with E-state index in [0.29, 0.717) is 25.6 Å². The number of benzene rings is 3. The molecule has 3 rings (SSSR count). The minimum atomic E-state index is -2.98. The van der Waals surface area contributed by atoms with E-state index in [1.165, 1.54) is 0 Å². The summed E-state index contributed by atoms with van der Waals surface area (Å²) >= 11 is 21.4. The molecule has 0 aromatic heterocycles. The lowest BCUT2D eigenvalue weighted by Gasteiger charge is -2.32. The van der Waals surface area contributed by atoms with E-state index in [1.807, 2.05) is 54.6 Å². The summed E-state index contributed by atoms with van der Waals surface area (Å²) in [6, 6.07) is 16.8. The van der Waals surface area contributed by atoms with Crippen molar-refractivity contribution in [3.8, 4) is 0 Å². The highest BCUT2D eigenvalue weighted by molar-refractivity contribution is 9.13. The van der Waals surface area contributed by atoms with Crippen LogP contribution >= 0.6 is 104 Å². The van der Waals surface area contributed by atoms with Gasteiger partial charge in [0, 0.05) is 42.5 Å². The van der Waals surface area contributed by atoms with Gasteiger partial charge in [0.2, 0.25) is 5.60 Å². The lowest BCUT2D eigenvalue weighted by Crippen LogP contribution is -2.32. The molecular formula is C19H10Br6O3P+. The van der Waals surface area contributed by atoms with Crippen LogP contribution < -0.4 is 0 Å². The van der Waals surface area contributed by atoms with Crippen molar-refractivity contribution in [2.75, 3.05) is 0 Å². The molecule has 1 atom stereocenters. The molecule has 0 bridgehead atoms. The second-order valence-corrected chi connectivity index (χ2v) is 11.7. The van der Waals surface area contributed by atoms with Gasteiger partial charge in [-0.15, -0.1) is 4.89 Å². The Morgan fingerprint density at radius 3 is 1.62 bits per heavy atom. The zero-order chi connectivity index (χ0) is 21.3. The first kappa shape index (κ1) is 24.2. The van der Waals surface area contributed by atoms with Crippen molar-refractivity contribution in [1.82, 2.24) is 0 Å². The maximum Gasteiger partial charge on any atom is 0.696 e. The third-order valence-electron chi connectivity index (χ3n) is 4.14. The van der Waals surface area contributed by atoms with Crippen LogP contribution in [0.4, 0.5) is 0 Å². The topological polar surface area (TPSA) is 46.5 Å². The monoisotopic (exact) mass is 791 g/mol. The molecule has 1 N–H and O–H groups in total. The van der Waals surface area contributed by atoms with E-state index >= 15 is 0 Å². The first-order chi connectivity index (χ1) is 13.7. The van der Waals surface area contributed by atoms with Crippen molar-refractivity contribution < 1.29 is 14.0 Å². The fourth-order valence-electron chi connectivity index (χ4n) is 3.02. The Kier molecular flexibility index (Phi) is 8.35. The average molecular weight is 797 g/mol. The molecule has 0 heterocycles. The van der Waals surface area contributed by atoms with E-state index in [-0.39, 0.29) is 0 Å². The van der Waals surface area contributed by atoms with Gasteiger partial charge in [-0.25, -0.2) is 0 Å². The molecule has 0 aliphatic carbocycles. The quantitative estimate of drug-likeness (QED) is 0.159. The Bertz CT molecular complexity index is 1030. The van der Waals surface area contributed by atoms with Crippen LogP contribution in [0.15, 0.2) is 81.4 Å². The zero-order valence-electron chi connectivity index (χ0n) is 14.2. The van der Waals surface area contributed by atoms with Crippen molar-refractivity contribution in [3.63, 3.8) is 0 Å². The molecule has 0 radical (unpaired) electrons. The van der Waals surface area contributed by atoms with E-state index in [9.17, 15) is 9.46 Å². The van der Waals surface area contributed by atoms with Gasteiger partial charge in [-0.3, -0.25) is 0 Å². The van der Waals surface area contributed by atoms with Crippen LogP contribution in [-0.4, -0.2) is 4.89 Å². The van der Waals surface area contributed by atoms with Crippen LogP contribution in [0, 0.1) is 0 Å². The smallest absolute Gasteiger partial charge is 0.133 e. The highest BCUT2D eigenvalue weighted by atomic mass is 79.9. The van der Waals surface area contributed by atoms with E-state index < -0.39 is 13.9 Å². The molecule has 10 heteroatoms. The molecule has 150 valence electrons. The van der Waals surface area contributed by atoms with Crippen LogP contribution in [0.2, 0.25) is 0 Å². The maximum atomic E-state index is 12.1. The SMILES string of the molecule is O=[P+](O)OC(c1ccccc1)(c1cc(Br)cc(Br)c1Br)c1cc(Br)cc(Br)c1Br. The van der Waals surface area contributed by atoms with Gasteiger partial charge in [0.05, 0.1) is 0 Å². The van der Waals surface area contributed by atoms with Gasteiger partial charge in [0.15, 0.2) is 0 Å². The molecule has 29 heavy (non-hydrogen) atoms. The van der Waals surface area contributed by atoms with Gasteiger partial charge >= 0.3 is 8.25 Å². The summed E-state index contributed by atoms with van der Waals surface area (Å²) in [7, 11) is -2.98. The normalized spacial score (nSPS) is 12.2. The van der Waals surface area contributed by atoms with Gasteiger partial charge in [-0.05, 0) is 93.5 Å². The van der Waals surface area contributed by atoms with Crippen LogP contribution in [0.1, 0.15) is 16.7 Å². The Morgan fingerprint density at radius 1 is 0.759 bits per heavy atom. The van der Waals surface area contributed by atoms with Gasteiger partial charge in [0.25, 0.3) is 0 Å². The highest BCUT2D eigenvalue weighted by Gasteiger charge is 2.49. The molecule has 0 aliphatic rings. The molecule has 3 nitrogen and oxygen atoms in total. The van der Waals surface area contributed by atoms with Crippen molar-refractivity contribution in [1.29, 1.82) is 0 Å². The molecule has 0 amide bonds. The highest BCUT2D eigenvalue weighted by Crippen LogP contribution is 2.53. The standard InChI is InChI=1S/C19H9Br6O3P/c20-11-6-13(17(24)15(22)8-11)19(28-29(26)27,10-4-2-1-3-5-10)14-7-12(21)9-16(23)18(14)25/h1-9H/p+1. The minimum Gasteiger partial charge on any atom is -0.133 e. The van der Waals surface area contributed by atoms with E-state index in [1.54, 1.807) is 0 Å². The Hall–Kier alpha value is 0.560. The van der Waals surface area contributed by atoms with Crippen LogP contribution in [0.3, 0.4) is 0 Å². The molecule has 0 saturated carbocycles. The largest absolute Gasteiger partial charge is 0.696 e. The Labute approximate surface area is 219 Å². The molecule has 3 aromatic carbocycles. The maximum absolute atomic E-state index is 12.1. The summed E-state index contributed by atoms with van der Waals surface area (Å²) in [6.07, 6.45) is 0. The van der Waals surface area contributed by atoms with Gasteiger partial charge in [0.1, 0.15) is 0 Å². The number of hydrogen-bond donors (Lipinski definition) is 1. The summed E-state index contributed by atoms with van der Waals surface area (Å²) < 4.78 is 22.5. The van der Waals surface area contributed by atoms with Crippen LogP contribution in [-0.2, 0) is 14.7 Å². The number of hydrogen-bond acceptors (Lipinski definition) is 2. The summed E-state index contributed by atoms with van der Waals surface area (Å²) in [4.78, 5) is 9.94. The molecule has 0 saturated heterocycles. The minimum absolute atomic E-state index is 0.646. The molecule has 0 spiro atoms. The molecule has 1 unspecified atom stereocenters.